The molecule has 312 valence electrons. The summed E-state index contributed by atoms with van der Waals surface area (Å²) >= 11 is 0. The lowest BCUT2D eigenvalue weighted by molar-refractivity contribution is 0.669. The standard InChI is InChI=1S/C59H35N7O/c1-3-16-37(17-4-1)56-62-57(38-18-5-2-6-19-38)64-59(63-56)65-50-25-13-10-23-45(50)54-51(65)31-30-44-42-21-9-12-24-49(42)66(55(44)54)58-60-47(40-28-27-36-15-7-8-20-39(36)33-40)35-48(61-58)41-29-32-53-46(34-41)43-22-11-14-26-52(43)67-53/h1-35H. The Hall–Kier alpha value is -9.27. The molecule has 0 unspecified atom stereocenters. The summed E-state index contributed by atoms with van der Waals surface area (Å²) in [6.45, 7) is 0. The molecule has 14 aromatic rings. The topological polar surface area (TPSA) is 87.5 Å². The number of nitrogens with zero attached hydrogens (tertiary/aromatic N) is 7. The van der Waals surface area contributed by atoms with Crippen LogP contribution in [0.3, 0.4) is 0 Å². The number of fused-ring (bicyclic) bond motifs is 11. The van der Waals surface area contributed by atoms with Crippen molar-refractivity contribution in [2.75, 3.05) is 0 Å². The minimum absolute atomic E-state index is 0.528. The van der Waals surface area contributed by atoms with E-state index >= 15 is 0 Å². The fraction of sp³-hybridized carbons (Fsp3) is 0. The summed E-state index contributed by atoms with van der Waals surface area (Å²) in [6, 6.07) is 73.3. The van der Waals surface area contributed by atoms with Crippen LogP contribution < -0.4 is 0 Å². The van der Waals surface area contributed by atoms with Crippen molar-refractivity contribution in [3.05, 3.63) is 212 Å². The Morgan fingerprint density at radius 2 is 0.881 bits per heavy atom. The van der Waals surface area contributed by atoms with Gasteiger partial charge in [0, 0.05) is 54.6 Å². The average molecular weight is 858 g/mol. The summed E-state index contributed by atoms with van der Waals surface area (Å²) < 4.78 is 10.7. The zero-order chi connectivity index (χ0) is 44.0. The van der Waals surface area contributed by atoms with Crippen molar-refractivity contribution >= 4 is 76.3 Å². The lowest BCUT2D eigenvalue weighted by atomic mass is 10.0. The van der Waals surface area contributed by atoms with Gasteiger partial charge in [-0.1, -0.05) is 158 Å². The van der Waals surface area contributed by atoms with Gasteiger partial charge in [-0.3, -0.25) is 9.13 Å². The van der Waals surface area contributed by atoms with Crippen LogP contribution in [0, 0.1) is 0 Å². The Morgan fingerprint density at radius 1 is 0.313 bits per heavy atom. The molecule has 14 rings (SSSR count). The third-order valence-electron chi connectivity index (χ3n) is 13.0. The van der Waals surface area contributed by atoms with E-state index in [1.807, 2.05) is 72.8 Å². The number of hydrogen-bond acceptors (Lipinski definition) is 6. The molecule has 9 aromatic carbocycles. The zero-order valence-corrected chi connectivity index (χ0v) is 35.7. The molecule has 5 aromatic heterocycles. The van der Waals surface area contributed by atoms with Crippen LogP contribution in [-0.4, -0.2) is 34.1 Å². The first kappa shape index (κ1) is 37.1. The van der Waals surface area contributed by atoms with Gasteiger partial charge in [0.2, 0.25) is 11.9 Å². The maximum Gasteiger partial charge on any atom is 0.238 e. The van der Waals surface area contributed by atoms with Crippen LogP contribution in [0.25, 0.3) is 134 Å². The van der Waals surface area contributed by atoms with E-state index in [9.17, 15) is 0 Å². The molecule has 0 saturated heterocycles. The number of para-hydroxylation sites is 3. The van der Waals surface area contributed by atoms with Crippen LogP contribution in [0.2, 0.25) is 0 Å². The lowest BCUT2D eigenvalue weighted by Gasteiger charge is -2.13. The number of furan rings is 1. The number of hydrogen-bond donors (Lipinski definition) is 0. The summed E-state index contributed by atoms with van der Waals surface area (Å²) in [5, 5.41) is 8.70. The first-order chi connectivity index (χ1) is 33.2. The Bertz CT molecular complexity index is 4230. The second kappa shape index (κ2) is 14.6. The lowest BCUT2D eigenvalue weighted by Crippen LogP contribution is -2.06. The summed E-state index contributed by atoms with van der Waals surface area (Å²) in [5.74, 6) is 2.28. The first-order valence-electron chi connectivity index (χ1n) is 22.3. The second-order valence-corrected chi connectivity index (χ2v) is 16.9. The molecule has 0 amide bonds. The van der Waals surface area contributed by atoms with Crippen molar-refractivity contribution in [1.29, 1.82) is 0 Å². The number of rotatable bonds is 6. The van der Waals surface area contributed by atoms with Gasteiger partial charge in [-0.25, -0.2) is 15.0 Å². The van der Waals surface area contributed by atoms with Gasteiger partial charge in [-0.2, -0.15) is 9.97 Å². The van der Waals surface area contributed by atoms with Gasteiger partial charge in [0.25, 0.3) is 0 Å². The first-order valence-corrected chi connectivity index (χ1v) is 22.3. The molecule has 0 spiro atoms. The van der Waals surface area contributed by atoms with E-state index in [0.29, 0.717) is 23.5 Å². The molecule has 0 fully saturated rings. The SMILES string of the molecule is c1ccc(-c2nc(-c3ccccc3)nc(-n3c4ccccc4c4c3ccc3c5ccccc5n(-c5nc(-c6ccc7ccccc7c6)cc(-c6ccc7oc8ccccc8c7c6)n5)c34)n2)cc1. The second-order valence-electron chi connectivity index (χ2n) is 16.9. The van der Waals surface area contributed by atoms with Gasteiger partial charge in [0.15, 0.2) is 11.6 Å². The number of benzene rings is 9. The molecule has 67 heavy (non-hydrogen) atoms. The van der Waals surface area contributed by atoms with Gasteiger partial charge in [-0.15, -0.1) is 0 Å². The summed E-state index contributed by atoms with van der Waals surface area (Å²) in [5.41, 5.74) is 11.0. The fourth-order valence-electron chi connectivity index (χ4n) is 9.89. The van der Waals surface area contributed by atoms with E-state index in [2.05, 4.69) is 149 Å². The average Bonchev–Trinajstić information content (AvgIpc) is 4.06. The molecule has 0 aliphatic rings. The molecule has 0 saturated carbocycles. The Morgan fingerprint density at radius 3 is 1.63 bits per heavy atom. The van der Waals surface area contributed by atoms with E-state index in [1.54, 1.807) is 0 Å². The molecule has 0 aliphatic carbocycles. The van der Waals surface area contributed by atoms with Crippen molar-refractivity contribution in [3.63, 3.8) is 0 Å². The maximum absolute atomic E-state index is 6.27. The van der Waals surface area contributed by atoms with Crippen molar-refractivity contribution < 1.29 is 4.42 Å². The predicted molar refractivity (Wildman–Crippen MR) is 271 cm³/mol. The molecule has 0 aliphatic heterocycles. The van der Waals surface area contributed by atoms with E-state index < -0.39 is 0 Å². The summed E-state index contributed by atoms with van der Waals surface area (Å²) in [6.07, 6.45) is 0. The molecule has 0 N–H and O–H groups in total. The Kier molecular flexibility index (Phi) is 8.11. The van der Waals surface area contributed by atoms with Gasteiger partial charge >= 0.3 is 0 Å². The van der Waals surface area contributed by atoms with Gasteiger partial charge in [-0.05, 0) is 65.4 Å². The minimum atomic E-state index is 0.528. The molecule has 8 nitrogen and oxygen atoms in total. The van der Waals surface area contributed by atoms with Crippen LogP contribution >= 0.6 is 0 Å². The largest absolute Gasteiger partial charge is 0.456 e. The molecule has 0 bridgehead atoms. The van der Waals surface area contributed by atoms with E-state index in [1.165, 1.54) is 5.39 Å². The molecular weight excluding hydrogens is 823 g/mol. The van der Waals surface area contributed by atoms with Gasteiger partial charge in [0.05, 0.1) is 33.5 Å². The smallest absolute Gasteiger partial charge is 0.238 e. The van der Waals surface area contributed by atoms with Gasteiger partial charge in [0.1, 0.15) is 11.2 Å². The van der Waals surface area contributed by atoms with E-state index in [-0.39, 0.29) is 0 Å². The normalized spacial score (nSPS) is 11.9. The van der Waals surface area contributed by atoms with Crippen LogP contribution in [0.4, 0.5) is 0 Å². The number of aromatic nitrogens is 7. The van der Waals surface area contributed by atoms with E-state index in [0.717, 1.165) is 105 Å². The maximum atomic E-state index is 6.27. The third kappa shape index (κ3) is 5.90. The van der Waals surface area contributed by atoms with Crippen LogP contribution in [0.5, 0.6) is 0 Å². The highest BCUT2D eigenvalue weighted by molar-refractivity contribution is 6.26. The highest BCUT2D eigenvalue weighted by atomic mass is 16.3. The van der Waals surface area contributed by atoms with Crippen molar-refractivity contribution in [3.8, 4) is 57.2 Å². The predicted octanol–water partition coefficient (Wildman–Crippen LogP) is 14.6. The highest BCUT2D eigenvalue weighted by Gasteiger charge is 2.25. The quantitative estimate of drug-likeness (QED) is 0.165. The van der Waals surface area contributed by atoms with E-state index in [4.69, 9.17) is 29.3 Å². The highest BCUT2D eigenvalue weighted by Crippen LogP contribution is 2.42. The summed E-state index contributed by atoms with van der Waals surface area (Å²) in [4.78, 5) is 26.5. The van der Waals surface area contributed by atoms with Crippen LogP contribution in [0.1, 0.15) is 0 Å². The van der Waals surface area contributed by atoms with Crippen LogP contribution in [-0.2, 0) is 0 Å². The third-order valence-corrected chi connectivity index (χ3v) is 13.0. The van der Waals surface area contributed by atoms with Crippen molar-refractivity contribution in [2.45, 2.75) is 0 Å². The minimum Gasteiger partial charge on any atom is -0.456 e. The van der Waals surface area contributed by atoms with Crippen molar-refractivity contribution in [1.82, 2.24) is 34.1 Å². The molecule has 8 heteroatoms. The Labute approximate surface area is 382 Å². The molecule has 5 heterocycles. The summed E-state index contributed by atoms with van der Waals surface area (Å²) in [7, 11) is 0. The molecule has 0 radical (unpaired) electrons. The fourth-order valence-corrected chi connectivity index (χ4v) is 9.89. The molecule has 0 atom stereocenters. The zero-order valence-electron chi connectivity index (χ0n) is 35.7. The van der Waals surface area contributed by atoms with Gasteiger partial charge < -0.3 is 4.42 Å². The van der Waals surface area contributed by atoms with Crippen molar-refractivity contribution in [2.24, 2.45) is 0 Å². The van der Waals surface area contributed by atoms with Crippen LogP contribution in [0.15, 0.2) is 217 Å². The Balaban J connectivity index is 1.07. The molecular formula is C59H35N7O. The monoisotopic (exact) mass is 857 g/mol.